The molecule has 0 bridgehead atoms. The van der Waals surface area contributed by atoms with Crippen molar-refractivity contribution in [2.24, 2.45) is 5.92 Å². The molecule has 20 heavy (non-hydrogen) atoms. The molecular weight excluding hydrogens is 276 g/mol. The molecule has 1 fully saturated rings. The minimum Gasteiger partial charge on any atom is -0.354 e. The average molecular weight is 294 g/mol. The Bertz CT molecular complexity index is 738. The molecule has 3 rings (SSSR count). The van der Waals surface area contributed by atoms with Gasteiger partial charge in [0.05, 0.1) is 17.2 Å². The first-order valence-electron chi connectivity index (χ1n) is 6.71. The second-order valence-corrected chi connectivity index (χ2v) is 7.76. The number of anilines is 1. The van der Waals surface area contributed by atoms with E-state index in [4.69, 9.17) is 0 Å². The van der Waals surface area contributed by atoms with Crippen LogP contribution in [-0.2, 0) is 9.84 Å². The van der Waals surface area contributed by atoms with E-state index in [1.807, 2.05) is 26.1 Å². The largest absolute Gasteiger partial charge is 0.354 e. The first-order chi connectivity index (χ1) is 9.44. The molecule has 0 N–H and O–H groups in total. The average Bonchev–Trinajstić information content (AvgIpc) is 2.67. The van der Waals surface area contributed by atoms with Gasteiger partial charge in [0, 0.05) is 25.5 Å². The fraction of sp³-hybridized carbons (Fsp3) is 0.538. The van der Waals surface area contributed by atoms with Crippen molar-refractivity contribution in [2.75, 3.05) is 29.5 Å². The van der Waals surface area contributed by atoms with Crippen molar-refractivity contribution in [3.8, 4) is 0 Å². The number of nitrogens with zero attached hydrogens (tertiary/aromatic N) is 4. The molecule has 108 valence electrons. The van der Waals surface area contributed by atoms with Crippen molar-refractivity contribution in [3.63, 3.8) is 0 Å². The summed E-state index contributed by atoms with van der Waals surface area (Å²) in [6, 6.07) is 1.98. The maximum atomic E-state index is 11.9. The molecule has 0 aliphatic carbocycles. The van der Waals surface area contributed by atoms with E-state index in [9.17, 15) is 8.42 Å². The van der Waals surface area contributed by atoms with E-state index in [0.29, 0.717) is 13.1 Å². The smallest absolute Gasteiger partial charge is 0.154 e. The van der Waals surface area contributed by atoms with E-state index in [1.54, 1.807) is 10.7 Å². The van der Waals surface area contributed by atoms with Crippen LogP contribution in [0, 0.1) is 12.8 Å². The van der Waals surface area contributed by atoms with Gasteiger partial charge in [-0.3, -0.25) is 0 Å². The Morgan fingerprint density at radius 1 is 1.40 bits per heavy atom. The standard InChI is InChI=1S/C13H18N4O2S/c1-10-8-16(5-6-20(18,19)9-10)13-12-7-11(2)15-17(12)4-3-14-13/h3-4,7,10H,5-6,8-9H2,1-2H3. The number of aryl methyl sites for hydroxylation is 1. The molecule has 1 aliphatic rings. The van der Waals surface area contributed by atoms with Gasteiger partial charge in [-0.25, -0.2) is 17.9 Å². The maximum absolute atomic E-state index is 11.9. The topological polar surface area (TPSA) is 67.6 Å². The van der Waals surface area contributed by atoms with Crippen molar-refractivity contribution in [3.05, 3.63) is 24.2 Å². The fourth-order valence-electron chi connectivity index (χ4n) is 2.75. The van der Waals surface area contributed by atoms with E-state index >= 15 is 0 Å². The lowest BCUT2D eigenvalue weighted by atomic mass is 10.2. The van der Waals surface area contributed by atoms with E-state index in [1.165, 1.54) is 0 Å². The first kappa shape index (κ1) is 13.4. The van der Waals surface area contributed by atoms with Crippen LogP contribution in [0.3, 0.4) is 0 Å². The predicted molar refractivity (Wildman–Crippen MR) is 77.8 cm³/mol. The van der Waals surface area contributed by atoms with Crippen molar-refractivity contribution in [1.29, 1.82) is 0 Å². The third-order valence-corrected chi connectivity index (χ3v) is 5.42. The molecule has 2 aromatic rings. The molecule has 0 radical (unpaired) electrons. The van der Waals surface area contributed by atoms with Crippen LogP contribution in [0.2, 0.25) is 0 Å². The summed E-state index contributed by atoms with van der Waals surface area (Å²) in [5.41, 5.74) is 1.85. The Hall–Kier alpha value is -1.63. The maximum Gasteiger partial charge on any atom is 0.154 e. The van der Waals surface area contributed by atoms with Gasteiger partial charge in [0.2, 0.25) is 0 Å². The van der Waals surface area contributed by atoms with Gasteiger partial charge in [0.1, 0.15) is 5.52 Å². The Morgan fingerprint density at radius 2 is 2.20 bits per heavy atom. The van der Waals surface area contributed by atoms with E-state index in [-0.39, 0.29) is 17.4 Å². The van der Waals surface area contributed by atoms with Crippen molar-refractivity contribution >= 4 is 21.2 Å². The molecule has 7 heteroatoms. The van der Waals surface area contributed by atoms with Gasteiger partial charge in [-0.2, -0.15) is 5.10 Å². The zero-order chi connectivity index (χ0) is 14.3. The highest BCUT2D eigenvalue weighted by Gasteiger charge is 2.26. The fourth-order valence-corrected chi connectivity index (χ4v) is 4.39. The summed E-state index contributed by atoms with van der Waals surface area (Å²) in [6.45, 7) is 5.10. The normalized spacial score (nSPS) is 22.9. The summed E-state index contributed by atoms with van der Waals surface area (Å²) in [5, 5.41) is 4.37. The number of aromatic nitrogens is 3. The lowest BCUT2D eigenvalue weighted by Crippen LogP contribution is -2.30. The lowest BCUT2D eigenvalue weighted by Gasteiger charge is -2.23. The number of hydrogen-bond acceptors (Lipinski definition) is 5. The number of hydrogen-bond donors (Lipinski definition) is 0. The summed E-state index contributed by atoms with van der Waals surface area (Å²) in [7, 11) is -2.95. The number of sulfone groups is 1. The van der Waals surface area contributed by atoms with Gasteiger partial charge in [0.15, 0.2) is 15.7 Å². The number of rotatable bonds is 1. The zero-order valence-electron chi connectivity index (χ0n) is 11.7. The molecule has 6 nitrogen and oxygen atoms in total. The van der Waals surface area contributed by atoms with Gasteiger partial charge in [0.25, 0.3) is 0 Å². The highest BCUT2D eigenvalue weighted by atomic mass is 32.2. The second kappa shape index (κ2) is 4.73. The van der Waals surface area contributed by atoms with Gasteiger partial charge >= 0.3 is 0 Å². The SMILES string of the molecule is Cc1cc2c(N3CCS(=O)(=O)CC(C)C3)nccn2n1. The Labute approximate surface area is 118 Å². The summed E-state index contributed by atoms with van der Waals surface area (Å²) < 4.78 is 25.5. The summed E-state index contributed by atoms with van der Waals surface area (Å²) >= 11 is 0. The predicted octanol–water partition coefficient (Wildman–Crippen LogP) is 0.909. The Balaban J connectivity index is 2.02. The number of fused-ring (bicyclic) bond motifs is 1. The molecule has 2 aromatic heterocycles. The van der Waals surface area contributed by atoms with E-state index in [0.717, 1.165) is 17.0 Å². The quantitative estimate of drug-likeness (QED) is 0.782. The van der Waals surface area contributed by atoms with Crippen LogP contribution < -0.4 is 4.90 Å². The van der Waals surface area contributed by atoms with Crippen LogP contribution in [0.5, 0.6) is 0 Å². The minimum absolute atomic E-state index is 0.105. The first-order valence-corrected chi connectivity index (χ1v) is 8.53. The molecule has 1 saturated heterocycles. The highest BCUT2D eigenvalue weighted by Crippen LogP contribution is 2.22. The van der Waals surface area contributed by atoms with Crippen LogP contribution in [0.25, 0.3) is 5.52 Å². The van der Waals surface area contributed by atoms with E-state index < -0.39 is 9.84 Å². The molecule has 1 aliphatic heterocycles. The minimum atomic E-state index is -2.95. The molecule has 0 amide bonds. The van der Waals surface area contributed by atoms with Crippen LogP contribution >= 0.6 is 0 Å². The van der Waals surface area contributed by atoms with Crippen LogP contribution in [0.15, 0.2) is 18.5 Å². The van der Waals surface area contributed by atoms with Gasteiger partial charge in [-0.1, -0.05) is 6.92 Å². The van der Waals surface area contributed by atoms with Crippen LogP contribution in [-0.4, -0.2) is 47.6 Å². The van der Waals surface area contributed by atoms with E-state index in [2.05, 4.69) is 15.0 Å². The van der Waals surface area contributed by atoms with Crippen LogP contribution in [0.4, 0.5) is 5.82 Å². The molecule has 1 atom stereocenters. The molecular formula is C13H18N4O2S. The molecule has 0 aromatic carbocycles. The second-order valence-electron chi connectivity index (χ2n) is 5.53. The third kappa shape index (κ3) is 2.49. The summed E-state index contributed by atoms with van der Waals surface area (Å²) in [4.78, 5) is 6.50. The Morgan fingerprint density at radius 3 is 3.00 bits per heavy atom. The summed E-state index contributed by atoms with van der Waals surface area (Å²) in [6.07, 6.45) is 3.52. The molecule has 1 unspecified atom stereocenters. The lowest BCUT2D eigenvalue weighted by molar-refractivity contribution is 0.581. The van der Waals surface area contributed by atoms with Gasteiger partial charge < -0.3 is 4.90 Å². The highest BCUT2D eigenvalue weighted by molar-refractivity contribution is 7.91. The summed E-state index contributed by atoms with van der Waals surface area (Å²) in [5.74, 6) is 1.36. The molecule has 3 heterocycles. The Kier molecular flexibility index (Phi) is 3.16. The van der Waals surface area contributed by atoms with Crippen molar-refractivity contribution in [1.82, 2.24) is 14.6 Å². The van der Waals surface area contributed by atoms with Gasteiger partial charge in [-0.15, -0.1) is 0 Å². The molecule has 0 saturated carbocycles. The molecule has 0 spiro atoms. The monoisotopic (exact) mass is 294 g/mol. The zero-order valence-corrected chi connectivity index (χ0v) is 12.5. The third-order valence-electron chi connectivity index (χ3n) is 3.53. The van der Waals surface area contributed by atoms with Crippen molar-refractivity contribution in [2.45, 2.75) is 13.8 Å². The van der Waals surface area contributed by atoms with Crippen molar-refractivity contribution < 1.29 is 8.42 Å². The van der Waals surface area contributed by atoms with Crippen LogP contribution in [0.1, 0.15) is 12.6 Å². The van der Waals surface area contributed by atoms with Gasteiger partial charge in [-0.05, 0) is 18.9 Å².